The van der Waals surface area contributed by atoms with Gasteiger partial charge in [0.25, 0.3) is 0 Å². The van der Waals surface area contributed by atoms with Gasteiger partial charge in [-0.3, -0.25) is 4.79 Å². The molecule has 136 valence electrons. The second kappa shape index (κ2) is 7.16. The normalized spacial score (nSPS) is 11.6. The number of amides is 1. The number of carbonyl (C=O) groups is 1. The van der Waals surface area contributed by atoms with E-state index in [1.807, 2.05) is 0 Å². The molecule has 3 aromatic rings. The number of hydrogen-bond acceptors (Lipinski definition) is 5. The van der Waals surface area contributed by atoms with Gasteiger partial charge < -0.3 is 5.32 Å². The maximum Gasteiger partial charge on any atom is 0.416 e. The lowest BCUT2D eigenvalue weighted by Crippen LogP contribution is -2.09. The van der Waals surface area contributed by atoms with Crippen molar-refractivity contribution in [1.29, 1.82) is 0 Å². The number of aryl methyl sites for hydroxylation is 1. The van der Waals surface area contributed by atoms with E-state index in [-0.39, 0.29) is 17.9 Å². The summed E-state index contributed by atoms with van der Waals surface area (Å²) >= 11 is 2.59. The lowest BCUT2D eigenvalue weighted by molar-refractivity contribution is -0.138. The minimum Gasteiger partial charge on any atom is -0.302 e. The Bertz CT molecular complexity index is 947. The number of thiazole rings is 2. The summed E-state index contributed by atoms with van der Waals surface area (Å²) < 4.78 is 39.4. The van der Waals surface area contributed by atoms with Crippen LogP contribution in [-0.2, 0) is 17.4 Å². The van der Waals surface area contributed by atoms with Gasteiger partial charge in [-0.25, -0.2) is 9.97 Å². The van der Waals surface area contributed by atoms with E-state index in [9.17, 15) is 18.0 Å². The van der Waals surface area contributed by atoms with Crippen LogP contribution in [0.2, 0.25) is 0 Å². The molecule has 0 saturated carbocycles. The molecule has 0 radical (unpaired) electrons. The topological polar surface area (TPSA) is 54.9 Å². The molecule has 26 heavy (non-hydrogen) atoms. The van der Waals surface area contributed by atoms with Crippen LogP contribution in [-0.4, -0.2) is 15.9 Å². The van der Waals surface area contributed by atoms with Gasteiger partial charge in [0.2, 0.25) is 5.91 Å². The Morgan fingerprint density at radius 3 is 2.65 bits per heavy atom. The largest absolute Gasteiger partial charge is 0.416 e. The van der Waals surface area contributed by atoms with Crippen molar-refractivity contribution < 1.29 is 18.0 Å². The van der Waals surface area contributed by atoms with Crippen molar-refractivity contribution >= 4 is 33.7 Å². The molecule has 3 rings (SSSR count). The predicted molar refractivity (Wildman–Crippen MR) is 96.5 cm³/mol. The Hall–Kier alpha value is -2.26. The minimum atomic E-state index is -4.39. The van der Waals surface area contributed by atoms with Crippen molar-refractivity contribution in [3.63, 3.8) is 0 Å². The summed E-state index contributed by atoms with van der Waals surface area (Å²) in [5.41, 5.74) is 0.923. The third-order valence-electron chi connectivity index (χ3n) is 3.53. The SMILES string of the molecule is CC(=O)Nc1nc(C)c(-c2csc(Cc3ccccc3C(F)(F)F)n2)s1. The maximum absolute atomic E-state index is 13.1. The number of aromatic nitrogens is 2. The number of anilines is 1. The molecule has 0 bridgehead atoms. The van der Waals surface area contributed by atoms with Crippen LogP contribution in [0.3, 0.4) is 0 Å². The lowest BCUT2D eigenvalue weighted by Gasteiger charge is -2.11. The molecule has 1 amide bonds. The zero-order valence-corrected chi connectivity index (χ0v) is 15.5. The number of nitrogens with zero attached hydrogens (tertiary/aromatic N) is 2. The number of carbonyl (C=O) groups excluding carboxylic acids is 1. The fourth-order valence-corrected chi connectivity index (χ4v) is 4.30. The van der Waals surface area contributed by atoms with Crippen LogP contribution in [0.5, 0.6) is 0 Å². The van der Waals surface area contributed by atoms with Gasteiger partial charge in [0, 0.05) is 18.7 Å². The zero-order valence-electron chi connectivity index (χ0n) is 13.8. The number of halogens is 3. The molecular formula is C17H14F3N3OS2. The maximum atomic E-state index is 13.1. The van der Waals surface area contributed by atoms with Gasteiger partial charge in [-0.15, -0.1) is 11.3 Å². The Morgan fingerprint density at radius 1 is 1.23 bits per heavy atom. The standard InChI is InChI=1S/C17H14F3N3OS2/c1-9-15(26-16(21-9)22-10(2)24)13-8-25-14(23-13)7-11-5-3-4-6-12(11)17(18,19)20/h3-6,8H,7H2,1-2H3,(H,21,22,24). The Kier molecular flexibility index (Phi) is 5.10. The molecule has 0 spiro atoms. The minimum absolute atomic E-state index is 0.108. The molecule has 0 aliphatic heterocycles. The predicted octanol–water partition coefficient (Wildman–Crippen LogP) is 5.14. The smallest absolute Gasteiger partial charge is 0.302 e. The van der Waals surface area contributed by atoms with E-state index in [1.165, 1.54) is 41.7 Å². The van der Waals surface area contributed by atoms with E-state index >= 15 is 0 Å². The second-order valence-electron chi connectivity index (χ2n) is 5.57. The van der Waals surface area contributed by atoms with Gasteiger partial charge in [0.15, 0.2) is 5.13 Å². The number of benzene rings is 1. The van der Waals surface area contributed by atoms with E-state index in [2.05, 4.69) is 15.3 Å². The third kappa shape index (κ3) is 4.10. The number of nitrogens with one attached hydrogen (secondary N) is 1. The highest BCUT2D eigenvalue weighted by atomic mass is 32.1. The van der Waals surface area contributed by atoms with Crippen LogP contribution >= 0.6 is 22.7 Å². The summed E-state index contributed by atoms with van der Waals surface area (Å²) in [7, 11) is 0. The molecule has 2 aromatic heterocycles. The van der Waals surface area contributed by atoms with E-state index in [1.54, 1.807) is 18.4 Å². The van der Waals surface area contributed by atoms with Crippen molar-refractivity contribution in [2.45, 2.75) is 26.4 Å². The zero-order chi connectivity index (χ0) is 18.9. The Balaban J connectivity index is 1.86. The first kappa shape index (κ1) is 18.5. The molecule has 0 unspecified atom stereocenters. The number of alkyl halides is 3. The Labute approximate surface area is 155 Å². The van der Waals surface area contributed by atoms with Crippen LogP contribution < -0.4 is 5.32 Å². The quantitative estimate of drug-likeness (QED) is 0.663. The lowest BCUT2D eigenvalue weighted by atomic mass is 10.0. The van der Waals surface area contributed by atoms with Gasteiger partial charge in [-0.1, -0.05) is 29.5 Å². The molecular weight excluding hydrogens is 383 g/mol. The van der Waals surface area contributed by atoms with Crippen LogP contribution in [0.15, 0.2) is 29.6 Å². The first-order chi connectivity index (χ1) is 12.2. The van der Waals surface area contributed by atoms with Crippen LogP contribution in [0.1, 0.15) is 28.8 Å². The highest BCUT2D eigenvalue weighted by Crippen LogP contribution is 2.36. The summed E-state index contributed by atoms with van der Waals surface area (Å²) in [4.78, 5) is 20.7. The van der Waals surface area contributed by atoms with Crippen molar-refractivity contribution in [2.75, 3.05) is 5.32 Å². The molecule has 2 heterocycles. The summed E-state index contributed by atoms with van der Waals surface area (Å²) in [5, 5.41) is 5.48. The van der Waals surface area contributed by atoms with Gasteiger partial charge in [-0.05, 0) is 18.6 Å². The number of rotatable bonds is 4. The van der Waals surface area contributed by atoms with E-state index < -0.39 is 11.7 Å². The first-order valence-electron chi connectivity index (χ1n) is 7.59. The average molecular weight is 397 g/mol. The fourth-order valence-electron chi connectivity index (χ4n) is 2.45. The summed E-state index contributed by atoms with van der Waals surface area (Å²) in [6, 6.07) is 5.52. The molecule has 0 atom stereocenters. The van der Waals surface area contributed by atoms with Gasteiger partial charge in [0.05, 0.1) is 26.8 Å². The number of hydrogen-bond donors (Lipinski definition) is 1. The van der Waals surface area contributed by atoms with Crippen LogP contribution in [0.4, 0.5) is 18.3 Å². The van der Waals surface area contributed by atoms with E-state index in [0.29, 0.717) is 21.5 Å². The molecule has 0 aliphatic rings. The molecule has 0 fully saturated rings. The molecule has 0 aliphatic carbocycles. The first-order valence-corrected chi connectivity index (χ1v) is 9.28. The highest BCUT2D eigenvalue weighted by molar-refractivity contribution is 7.19. The molecule has 9 heteroatoms. The van der Waals surface area contributed by atoms with E-state index in [4.69, 9.17) is 0 Å². The van der Waals surface area contributed by atoms with Crippen molar-refractivity contribution in [3.05, 3.63) is 51.5 Å². The third-order valence-corrected chi connectivity index (χ3v) is 5.47. The summed E-state index contributed by atoms with van der Waals surface area (Å²) in [6.07, 6.45) is -4.28. The van der Waals surface area contributed by atoms with Gasteiger partial charge >= 0.3 is 6.18 Å². The molecule has 1 N–H and O–H groups in total. The van der Waals surface area contributed by atoms with Crippen molar-refractivity contribution in [3.8, 4) is 10.6 Å². The van der Waals surface area contributed by atoms with E-state index in [0.717, 1.165) is 10.9 Å². The van der Waals surface area contributed by atoms with Crippen molar-refractivity contribution in [1.82, 2.24) is 9.97 Å². The molecule has 4 nitrogen and oxygen atoms in total. The molecule has 1 aromatic carbocycles. The summed E-state index contributed by atoms with van der Waals surface area (Å²) in [6.45, 7) is 3.20. The van der Waals surface area contributed by atoms with Crippen LogP contribution in [0.25, 0.3) is 10.6 Å². The second-order valence-corrected chi connectivity index (χ2v) is 7.51. The van der Waals surface area contributed by atoms with Crippen molar-refractivity contribution in [2.24, 2.45) is 0 Å². The van der Waals surface area contributed by atoms with Crippen LogP contribution in [0, 0.1) is 6.92 Å². The monoisotopic (exact) mass is 397 g/mol. The summed E-state index contributed by atoms with van der Waals surface area (Å²) in [5.74, 6) is -0.215. The average Bonchev–Trinajstić information content (AvgIpc) is 3.12. The fraction of sp³-hybridized carbons (Fsp3) is 0.235. The van der Waals surface area contributed by atoms with Gasteiger partial charge in [-0.2, -0.15) is 13.2 Å². The Morgan fingerprint density at radius 2 is 1.96 bits per heavy atom. The highest BCUT2D eigenvalue weighted by Gasteiger charge is 2.33. The van der Waals surface area contributed by atoms with Gasteiger partial charge in [0.1, 0.15) is 0 Å². The molecule has 0 saturated heterocycles.